The fourth-order valence-corrected chi connectivity index (χ4v) is 7.77. The van der Waals surface area contributed by atoms with Gasteiger partial charge in [-0.05, 0) is 92.3 Å². The van der Waals surface area contributed by atoms with Crippen molar-refractivity contribution in [3.63, 3.8) is 0 Å². The monoisotopic (exact) mass is 785 g/mol. The number of hydrogen-bond donors (Lipinski definition) is 5. The Kier molecular flexibility index (Phi) is 15.4. The Morgan fingerprint density at radius 3 is 2.00 bits per heavy atom. The van der Waals surface area contributed by atoms with Crippen molar-refractivity contribution in [2.45, 2.75) is 102 Å². The molecule has 4 atom stereocenters. The van der Waals surface area contributed by atoms with Crippen molar-refractivity contribution in [2.75, 3.05) is 24.5 Å². The molecule has 1 saturated heterocycles. The Morgan fingerprint density at radius 1 is 0.786 bits per heavy atom. The van der Waals surface area contributed by atoms with Crippen molar-refractivity contribution >= 4 is 46.8 Å². The molecule has 0 bridgehead atoms. The summed E-state index contributed by atoms with van der Waals surface area (Å²) in [6, 6.07) is 20.5. The summed E-state index contributed by atoms with van der Waals surface area (Å²) >= 11 is 6.18. The Hall–Kier alpha value is -4.78. The Balaban J connectivity index is 1.26. The number of unbranched alkanes of at least 4 members (excludes halogenated alkanes) is 1. The molecular weight excluding hydrogens is 730 g/mol. The average Bonchev–Trinajstić information content (AvgIpc) is 3.51. The van der Waals surface area contributed by atoms with Crippen LogP contribution < -0.4 is 32.3 Å². The zero-order valence-electron chi connectivity index (χ0n) is 32.4. The predicted molar refractivity (Wildman–Crippen MR) is 219 cm³/mol. The summed E-state index contributed by atoms with van der Waals surface area (Å²) in [4.78, 5) is 72.2. The van der Waals surface area contributed by atoms with Gasteiger partial charge in [0.25, 0.3) is 0 Å². The fourth-order valence-electron chi connectivity index (χ4n) is 7.57. The predicted octanol–water partition coefficient (Wildman–Crippen LogP) is 3.66. The number of fused-ring (bicyclic) bond motifs is 1. The summed E-state index contributed by atoms with van der Waals surface area (Å²) < 4.78 is 0. The van der Waals surface area contributed by atoms with Crippen LogP contribution >= 0.6 is 11.6 Å². The van der Waals surface area contributed by atoms with E-state index in [0.717, 1.165) is 22.4 Å². The SMILES string of the molecule is CC(C)C[C@@H](NC(=O)[C@@H](Cc1ccccc1)NC(=O)[C@H](N)Cc1ccccc1)C(=O)N[C@H](CCCCN)C(=O)N1CCC(N2C(=O)Cc3cc(Cl)ccc32)CC1. The first-order chi connectivity index (χ1) is 26.9. The summed E-state index contributed by atoms with van der Waals surface area (Å²) in [6.45, 7) is 5.21. The van der Waals surface area contributed by atoms with Crippen LogP contribution in [0.5, 0.6) is 0 Å². The highest BCUT2D eigenvalue weighted by molar-refractivity contribution is 6.31. The van der Waals surface area contributed by atoms with E-state index in [9.17, 15) is 24.0 Å². The van der Waals surface area contributed by atoms with Crippen molar-refractivity contribution in [3.05, 3.63) is 101 Å². The van der Waals surface area contributed by atoms with Gasteiger partial charge in [-0.25, -0.2) is 0 Å². The zero-order valence-corrected chi connectivity index (χ0v) is 33.2. The van der Waals surface area contributed by atoms with Gasteiger partial charge in [0, 0.05) is 36.3 Å². The molecule has 13 heteroatoms. The largest absolute Gasteiger partial charge is 0.343 e. The topological polar surface area (TPSA) is 180 Å². The third-order valence-electron chi connectivity index (χ3n) is 10.5. The van der Waals surface area contributed by atoms with Gasteiger partial charge in [0.2, 0.25) is 29.5 Å². The van der Waals surface area contributed by atoms with Gasteiger partial charge in [0.15, 0.2) is 0 Å². The van der Waals surface area contributed by atoms with E-state index in [1.807, 2.05) is 91.5 Å². The standard InChI is InChI=1S/C43H56ClN7O5/c1-28(2)23-36(49-42(55)37(25-30-13-7-4-8-14-30)48-40(53)34(46)24-29-11-5-3-6-12-29)41(54)47-35(15-9-10-20-45)43(56)50-21-18-33(19-22-50)51-38-17-16-32(44)26-31(38)27-39(51)52/h3-8,11-14,16-17,26,28,33-37H,9-10,15,18-25,27,45-46H2,1-2H3,(H,47,54)(H,48,53)(H,49,55)/t34-,35-,36-,37-/m1/s1. The van der Waals surface area contributed by atoms with E-state index in [2.05, 4.69) is 16.0 Å². The van der Waals surface area contributed by atoms with Crippen molar-refractivity contribution < 1.29 is 24.0 Å². The van der Waals surface area contributed by atoms with Crippen LogP contribution in [0.25, 0.3) is 0 Å². The summed E-state index contributed by atoms with van der Waals surface area (Å²) in [6.07, 6.45) is 3.98. The van der Waals surface area contributed by atoms with Crippen molar-refractivity contribution in [1.82, 2.24) is 20.9 Å². The minimum atomic E-state index is -1.01. The number of anilines is 1. The number of benzene rings is 3. The normalized spacial score (nSPS) is 16.5. The molecule has 5 amide bonds. The molecule has 3 aromatic rings. The second kappa shape index (κ2) is 20.4. The van der Waals surface area contributed by atoms with Crippen LogP contribution in [0, 0.1) is 5.92 Å². The zero-order chi connectivity index (χ0) is 40.2. The summed E-state index contributed by atoms with van der Waals surface area (Å²) in [5.74, 6) is -1.64. The number of halogens is 1. The molecular formula is C43H56ClN7O5. The molecule has 7 N–H and O–H groups in total. The molecule has 300 valence electrons. The second-order valence-corrected chi connectivity index (χ2v) is 15.8. The molecule has 3 aromatic carbocycles. The van der Waals surface area contributed by atoms with E-state index < -0.39 is 41.9 Å². The minimum Gasteiger partial charge on any atom is -0.343 e. The molecule has 0 radical (unpaired) electrons. The summed E-state index contributed by atoms with van der Waals surface area (Å²) in [5.41, 5.74) is 15.6. The van der Waals surface area contributed by atoms with E-state index in [-0.39, 0.29) is 30.2 Å². The van der Waals surface area contributed by atoms with Gasteiger partial charge >= 0.3 is 0 Å². The van der Waals surface area contributed by atoms with Crippen molar-refractivity contribution in [3.8, 4) is 0 Å². The first-order valence-electron chi connectivity index (χ1n) is 19.8. The van der Waals surface area contributed by atoms with Crippen LogP contribution in [0.3, 0.4) is 0 Å². The first kappa shape index (κ1) is 42.4. The second-order valence-electron chi connectivity index (χ2n) is 15.4. The average molecular weight is 786 g/mol. The number of rotatable bonds is 18. The number of piperidine rings is 1. The molecule has 0 saturated carbocycles. The Labute approximate surface area is 335 Å². The summed E-state index contributed by atoms with van der Waals surface area (Å²) in [5, 5.41) is 9.32. The maximum absolute atomic E-state index is 14.1. The van der Waals surface area contributed by atoms with Crippen LogP contribution in [-0.2, 0) is 43.2 Å². The van der Waals surface area contributed by atoms with Crippen LogP contribution in [0.2, 0.25) is 5.02 Å². The third kappa shape index (κ3) is 11.6. The van der Waals surface area contributed by atoms with Gasteiger partial charge < -0.3 is 37.2 Å². The van der Waals surface area contributed by atoms with E-state index in [0.29, 0.717) is 76.0 Å². The summed E-state index contributed by atoms with van der Waals surface area (Å²) in [7, 11) is 0. The number of nitrogens with two attached hydrogens (primary N) is 2. The first-order valence-corrected chi connectivity index (χ1v) is 20.1. The lowest BCUT2D eigenvalue weighted by Crippen LogP contribution is -2.59. The van der Waals surface area contributed by atoms with Crippen LogP contribution in [0.4, 0.5) is 5.69 Å². The van der Waals surface area contributed by atoms with Gasteiger partial charge in [0.05, 0.1) is 12.5 Å². The van der Waals surface area contributed by atoms with E-state index in [4.69, 9.17) is 23.1 Å². The van der Waals surface area contributed by atoms with Gasteiger partial charge in [0.1, 0.15) is 18.1 Å². The number of likely N-dealkylation sites (tertiary alicyclic amines) is 1. The molecule has 1 fully saturated rings. The number of carbonyl (C=O) groups excluding carboxylic acids is 5. The molecule has 2 aliphatic rings. The lowest BCUT2D eigenvalue weighted by atomic mass is 9.99. The lowest BCUT2D eigenvalue weighted by molar-refractivity contribution is -0.138. The van der Waals surface area contributed by atoms with E-state index in [1.54, 1.807) is 11.0 Å². The number of nitrogens with zero attached hydrogens (tertiary/aromatic N) is 2. The van der Waals surface area contributed by atoms with Crippen LogP contribution in [-0.4, -0.2) is 84.3 Å². The van der Waals surface area contributed by atoms with Crippen LogP contribution in [0.1, 0.15) is 69.1 Å². The molecule has 2 aliphatic heterocycles. The van der Waals surface area contributed by atoms with E-state index >= 15 is 0 Å². The maximum Gasteiger partial charge on any atom is 0.245 e. The third-order valence-corrected chi connectivity index (χ3v) is 10.7. The van der Waals surface area contributed by atoms with Gasteiger partial charge in [-0.15, -0.1) is 0 Å². The van der Waals surface area contributed by atoms with E-state index in [1.165, 1.54) is 0 Å². The van der Waals surface area contributed by atoms with Crippen molar-refractivity contribution in [1.29, 1.82) is 0 Å². The molecule has 0 unspecified atom stereocenters. The van der Waals surface area contributed by atoms with Gasteiger partial charge in [-0.3, -0.25) is 24.0 Å². The Bertz CT molecular complexity index is 1800. The molecule has 56 heavy (non-hydrogen) atoms. The molecule has 5 rings (SSSR count). The maximum atomic E-state index is 14.1. The number of amides is 5. The van der Waals surface area contributed by atoms with Gasteiger partial charge in [-0.2, -0.15) is 0 Å². The highest BCUT2D eigenvalue weighted by atomic mass is 35.5. The molecule has 12 nitrogen and oxygen atoms in total. The molecule has 2 heterocycles. The highest BCUT2D eigenvalue weighted by Gasteiger charge is 2.38. The Morgan fingerprint density at radius 2 is 1.38 bits per heavy atom. The highest BCUT2D eigenvalue weighted by Crippen LogP contribution is 2.35. The number of carbonyl (C=O) groups is 5. The minimum absolute atomic E-state index is 0.0207. The molecule has 0 aromatic heterocycles. The fraction of sp³-hybridized carbons (Fsp3) is 0.465. The number of hydrogen-bond acceptors (Lipinski definition) is 7. The number of nitrogens with one attached hydrogen (secondary N) is 3. The van der Waals surface area contributed by atoms with Crippen molar-refractivity contribution in [2.24, 2.45) is 17.4 Å². The van der Waals surface area contributed by atoms with Crippen LogP contribution in [0.15, 0.2) is 78.9 Å². The quantitative estimate of drug-likeness (QED) is 0.122. The smallest absolute Gasteiger partial charge is 0.245 e. The molecule has 0 aliphatic carbocycles. The van der Waals surface area contributed by atoms with Gasteiger partial charge in [-0.1, -0.05) is 86.1 Å². The molecule has 0 spiro atoms. The lowest BCUT2D eigenvalue weighted by Gasteiger charge is -2.38.